The number of nitrogens with zero attached hydrogens (tertiary/aromatic N) is 2. The molecule has 0 N–H and O–H groups in total. The van der Waals surface area contributed by atoms with E-state index in [0.29, 0.717) is 5.89 Å². The van der Waals surface area contributed by atoms with E-state index >= 15 is 0 Å². The summed E-state index contributed by atoms with van der Waals surface area (Å²) in [5.74, 6) is 0.616. The quantitative estimate of drug-likeness (QED) is 0.170. The van der Waals surface area contributed by atoms with Crippen LogP contribution in [0.25, 0.3) is 121 Å². The first-order chi connectivity index (χ1) is 28.3. The fourth-order valence-electron chi connectivity index (χ4n) is 9.00. The van der Waals surface area contributed by atoms with Crippen molar-refractivity contribution in [3.05, 3.63) is 194 Å². The maximum Gasteiger partial charge on any atom is 0.227 e. The fourth-order valence-corrected chi connectivity index (χ4v) is 9.00. The van der Waals surface area contributed by atoms with E-state index in [2.05, 4.69) is 194 Å². The van der Waals surface area contributed by atoms with Gasteiger partial charge in [-0.05, 0) is 84.2 Å². The van der Waals surface area contributed by atoms with Gasteiger partial charge in [-0.25, -0.2) is 9.97 Å². The maximum absolute atomic E-state index is 6.60. The topological polar surface area (TPSA) is 38.9 Å². The third-order valence-corrected chi connectivity index (χ3v) is 11.7. The second kappa shape index (κ2) is 12.5. The summed E-state index contributed by atoms with van der Waals surface area (Å²) in [5, 5.41) is 12.7. The minimum Gasteiger partial charge on any atom is -0.435 e. The van der Waals surface area contributed by atoms with Crippen LogP contribution in [0.2, 0.25) is 0 Å². The van der Waals surface area contributed by atoms with Crippen LogP contribution in [0.4, 0.5) is 0 Å². The predicted molar refractivity (Wildman–Crippen MR) is 239 cm³/mol. The molecular formula is C54H32N2O. The van der Waals surface area contributed by atoms with Crippen molar-refractivity contribution in [2.75, 3.05) is 0 Å². The minimum absolute atomic E-state index is 0.616. The Morgan fingerprint density at radius 1 is 0.298 bits per heavy atom. The molecule has 3 heteroatoms. The van der Waals surface area contributed by atoms with Gasteiger partial charge in [-0.3, -0.25) is 0 Å². The first-order valence-corrected chi connectivity index (χ1v) is 19.4. The van der Waals surface area contributed by atoms with Crippen LogP contribution in [0.5, 0.6) is 0 Å². The summed E-state index contributed by atoms with van der Waals surface area (Å²) in [4.78, 5) is 10.6. The molecular weight excluding hydrogens is 693 g/mol. The molecule has 2 aromatic heterocycles. The number of oxazole rings is 1. The molecule has 3 nitrogen and oxygen atoms in total. The zero-order chi connectivity index (χ0) is 37.5. The average molecular weight is 725 g/mol. The van der Waals surface area contributed by atoms with Gasteiger partial charge in [0.15, 0.2) is 5.58 Å². The van der Waals surface area contributed by atoms with Crippen molar-refractivity contribution in [3.8, 4) is 45.0 Å². The number of benzene rings is 10. The SMILES string of the molecule is c1ccc2c(-c3cc(-c4cccc5ccccc45)c4cc(-c5ccc(-c6nc7c8ccccc8c8ccccc8c7o6)cc5)c5ccccc5c4n3)cccc2c1. The molecule has 0 aliphatic carbocycles. The van der Waals surface area contributed by atoms with Crippen molar-refractivity contribution in [1.29, 1.82) is 0 Å². The summed E-state index contributed by atoms with van der Waals surface area (Å²) in [6, 6.07) is 69.2. The molecule has 0 atom stereocenters. The van der Waals surface area contributed by atoms with E-state index in [1.165, 1.54) is 37.9 Å². The largest absolute Gasteiger partial charge is 0.435 e. The van der Waals surface area contributed by atoms with E-state index in [0.717, 1.165) is 77.1 Å². The number of fused-ring (bicyclic) bond motifs is 11. The third-order valence-electron chi connectivity index (χ3n) is 11.7. The third kappa shape index (κ3) is 4.92. The van der Waals surface area contributed by atoms with Gasteiger partial charge in [0.05, 0.1) is 11.2 Å². The summed E-state index contributed by atoms with van der Waals surface area (Å²) in [5.41, 5.74) is 10.3. The molecule has 0 unspecified atom stereocenters. The molecule has 0 bridgehead atoms. The highest BCUT2D eigenvalue weighted by atomic mass is 16.3. The van der Waals surface area contributed by atoms with E-state index in [-0.39, 0.29) is 0 Å². The fraction of sp³-hybridized carbons (Fsp3) is 0. The summed E-state index contributed by atoms with van der Waals surface area (Å²) in [6.45, 7) is 0. The standard InChI is InChI=1S/C54H32N2O/c1-3-17-37-33(13-1)15-11-25-39(37)48-32-50(43-26-12-16-34-14-2-4-18-38(34)43)55-51-44-22-8-6-21-42(44)47(31-49(48)51)35-27-29-36(30-28-35)54-56-52-45-23-9-5-19-40(45)41-20-7-10-24-46(41)53(52)57-54/h1-32H. The van der Waals surface area contributed by atoms with Crippen LogP contribution in [0, 0.1) is 0 Å². The van der Waals surface area contributed by atoms with Crippen LogP contribution in [0.15, 0.2) is 199 Å². The lowest BCUT2D eigenvalue weighted by Crippen LogP contribution is -1.94. The Kier molecular flexibility index (Phi) is 6.93. The molecule has 0 fully saturated rings. The van der Waals surface area contributed by atoms with Gasteiger partial charge in [-0.15, -0.1) is 0 Å². The molecule has 0 saturated carbocycles. The number of hydrogen-bond acceptors (Lipinski definition) is 3. The summed E-state index contributed by atoms with van der Waals surface area (Å²) >= 11 is 0. The zero-order valence-electron chi connectivity index (χ0n) is 30.8. The summed E-state index contributed by atoms with van der Waals surface area (Å²) in [7, 11) is 0. The van der Waals surface area contributed by atoms with Gasteiger partial charge < -0.3 is 4.42 Å². The van der Waals surface area contributed by atoms with Crippen molar-refractivity contribution < 1.29 is 4.42 Å². The van der Waals surface area contributed by atoms with Gasteiger partial charge >= 0.3 is 0 Å². The number of rotatable bonds is 4. The second-order valence-electron chi connectivity index (χ2n) is 14.8. The molecule has 0 aliphatic rings. The molecule has 10 aromatic carbocycles. The van der Waals surface area contributed by atoms with Crippen LogP contribution in [-0.2, 0) is 0 Å². The minimum atomic E-state index is 0.616. The smallest absolute Gasteiger partial charge is 0.227 e. The lowest BCUT2D eigenvalue weighted by molar-refractivity contribution is 0.623. The van der Waals surface area contributed by atoms with Gasteiger partial charge in [-0.1, -0.05) is 170 Å². The molecule has 12 aromatic rings. The molecule has 57 heavy (non-hydrogen) atoms. The van der Waals surface area contributed by atoms with Crippen LogP contribution in [-0.4, -0.2) is 9.97 Å². The Morgan fingerprint density at radius 3 is 1.51 bits per heavy atom. The van der Waals surface area contributed by atoms with Crippen LogP contribution in [0.3, 0.4) is 0 Å². The predicted octanol–water partition coefficient (Wildman–Crippen LogP) is 14.8. The number of hydrogen-bond donors (Lipinski definition) is 0. The molecule has 264 valence electrons. The molecule has 2 heterocycles. The Hall–Kier alpha value is -7.62. The van der Waals surface area contributed by atoms with Gasteiger partial charge in [0.25, 0.3) is 0 Å². The summed E-state index contributed by atoms with van der Waals surface area (Å²) in [6.07, 6.45) is 0. The van der Waals surface area contributed by atoms with Crippen molar-refractivity contribution in [3.63, 3.8) is 0 Å². The van der Waals surface area contributed by atoms with Crippen LogP contribution >= 0.6 is 0 Å². The highest BCUT2D eigenvalue weighted by molar-refractivity contribution is 6.23. The number of aromatic nitrogens is 2. The zero-order valence-corrected chi connectivity index (χ0v) is 30.8. The van der Waals surface area contributed by atoms with Crippen molar-refractivity contribution in [2.24, 2.45) is 0 Å². The summed E-state index contributed by atoms with van der Waals surface area (Å²) < 4.78 is 6.60. The van der Waals surface area contributed by atoms with Gasteiger partial charge in [-0.2, -0.15) is 0 Å². The normalized spacial score (nSPS) is 11.9. The molecule has 0 saturated heterocycles. The Labute approximate surface area is 328 Å². The van der Waals surface area contributed by atoms with E-state index in [4.69, 9.17) is 14.4 Å². The van der Waals surface area contributed by atoms with Gasteiger partial charge in [0.1, 0.15) is 5.52 Å². The average Bonchev–Trinajstić information content (AvgIpc) is 3.75. The lowest BCUT2D eigenvalue weighted by Gasteiger charge is -2.17. The molecule has 0 radical (unpaired) electrons. The molecule has 0 amide bonds. The van der Waals surface area contributed by atoms with Crippen molar-refractivity contribution in [1.82, 2.24) is 9.97 Å². The van der Waals surface area contributed by atoms with Gasteiger partial charge in [0.2, 0.25) is 5.89 Å². The Bertz CT molecular complexity index is 3500. The van der Waals surface area contributed by atoms with E-state index in [1.54, 1.807) is 0 Å². The highest BCUT2D eigenvalue weighted by Gasteiger charge is 2.19. The Morgan fingerprint density at radius 2 is 0.807 bits per heavy atom. The van der Waals surface area contributed by atoms with E-state index in [9.17, 15) is 0 Å². The highest BCUT2D eigenvalue weighted by Crippen LogP contribution is 2.43. The van der Waals surface area contributed by atoms with E-state index in [1.807, 2.05) is 0 Å². The van der Waals surface area contributed by atoms with Crippen molar-refractivity contribution >= 4 is 75.9 Å². The lowest BCUT2D eigenvalue weighted by atomic mass is 9.89. The van der Waals surface area contributed by atoms with Gasteiger partial charge in [0, 0.05) is 32.7 Å². The molecule has 12 rings (SSSR count). The van der Waals surface area contributed by atoms with E-state index < -0.39 is 0 Å². The Balaban J connectivity index is 1.08. The monoisotopic (exact) mass is 724 g/mol. The molecule has 0 spiro atoms. The van der Waals surface area contributed by atoms with Crippen molar-refractivity contribution in [2.45, 2.75) is 0 Å². The first-order valence-electron chi connectivity index (χ1n) is 19.4. The second-order valence-corrected chi connectivity index (χ2v) is 14.8. The maximum atomic E-state index is 6.60. The van der Waals surface area contributed by atoms with Crippen LogP contribution < -0.4 is 0 Å². The first kappa shape index (κ1) is 31.7. The van der Waals surface area contributed by atoms with Crippen LogP contribution in [0.1, 0.15) is 0 Å². The number of pyridine rings is 1. The molecule has 0 aliphatic heterocycles.